The second-order valence-electron chi connectivity index (χ2n) is 4.49. The van der Waals surface area contributed by atoms with Gasteiger partial charge in [0.25, 0.3) is 0 Å². The first-order valence-electron chi connectivity index (χ1n) is 6.64. The van der Waals surface area contributed by atoms with E-state index in [1.807, 2.05) is 6.07 Å². The molecular formula is C13H19N5O. The number of ether oxygens (including phenoxy) is 1. The van der Waals surface area contributed by atoms with Crippen LogP contribution in [0, 0.1) is 11.3 Å². The van der Waals surface area contributed by atoms with Gasteiger partial charge in [0.15, 0.2) is 5.69 Å². The van der Waals surface area contributed by atoms with Crippen molar-refractivity contribution in [2.24, 2.45) is 0 Å². The van der Waals surface area contributed by atoms with Crippen LogP contribution in [0.2, 0.25) is 0 Å². The van der Waals surface area contributed by atoms with Crippen molar-refractivity contribution in [3.8, 4) is 6.07 Å². The molecule has 6 heteroatoms. The number of nitriles is 1. The van der Waals surface area contributed by atoms with E-state index in [0.29, 0.717) is 5.69 Å². The van der Waals surface area contributed by atoms with Gasteiger partial charge in [-0.05, 0) is 19.4 Å². The Hall–Kier alpha value is -1.71. The number of hydrogen-bond acceptors (Lipinski definition) is 6. The van der Waals surface area contributed by atoms with Gasteiger partial charge in [0, 0.05) is 19.6 Å². The molecule has 1 aromatic rings. The van der Waals surface area contributed by atoms with Gasteiger partial charge in [-0.1, -0.05) is 0 Å². The Labute approximate surface area is 113 Å². The van der Waals surface area contributed by atoms with E-state index in [0.717, 1.165) is 58.1 Å². The summed E-state index contributed by atoms with van der Waals surface area (Å²) in [5.74, 6) is 0.727. The van der Waals surface area contributed by atoms with Crippen LogP contribution in [0.3, 0.4) is 0 Å². The lowest BCUT2D eigenvalue weighted by Crippen LogP contribution is -2.36. The van der Waals surface area contributed by atoms with Crippen molar-refractivity contribution >= 4 is 5.82 Å². The Morgan fingerprint density at radius 1 is 1.26 bits per heavy atom. The van der Waals surface area contributed by atoms with Crippen molar-refractivity contribution < 1.29 is 4.74 Å². The van der Waals surface area contributed by atoms with E-state index < -0.39 is 0 Å². The molecule has 0 aliphatic carbocycles. The lowest BCUT2D eigenvalue weighted by molar-refractivity contribution is 0.0373. The maximum atomic E-state index is 8.61. The van der Waals surface area contributed by atoms with Crippen molar-refractivity contribution in [2.45, 2.75) is 12.8 Å². The van der Waals surface area contributed by atoms with Crippen molar-refractivity contribution in [1.29, 1.82) is 5.26 Å². The maximum Gasteiger partial charge on any atom is 0.158 e. The highest BCUT2D eigenvalue weighted by molar-refractivity contribution is 5.32. The number of nitrogens with zero attached hydrogens (tertiary/aromatic N) is 4. The number of nitrogens with one attached hydrogen (secondary N) is 1. The van der Waals surface area contributed by atoms with Crippen molar-refractivity contribution in [1.82, 2.24) is 14.9 Å². The Morgan fingerprint density at radius 3 is 2.79 bits per heavy atom. The van der Waals surface area contributed by atoms with Gasteiger partial charge >= 0.3 is 0 Å². The van der Waals surface area contributed by atoms with E-state index in [2.05, 4.69) is 20.2 Å². The molecule has 1 aliphatic heterocycles. The van der Waals surface area contributed by atoms with Crippen LogP contribution in [0.4, 0.5) is 5.82 Å². The molecule has 0 aromatic carbocycles. The highest BCUT2D eigenvalue weighted by atomic mass is 16.5. The Morgan fingerprint density at radius 2 is 2.11 bits per heavy atom. The highest BCUT2D eigenvalue weighted by Crippen LogP contribution is 2.03. The minimum Gasteiger partial charge on any atom is -0.379 e. The van der Waals surface area contributed by atoms with Gasteiger partial charge in [-0.2, -0.15) is 5.26 Å². The molecule has 2 rings (SSSR count). The zero-order valence-electron chi connectivity index (χ0n) is 11.0. The second-order valence-corrected chi connectivity index (χ2v) is 4.49. The predicted molar refractivity (Wildman–Crippen MR) is 71.7 cm³/mol. The molecule has 0 saturated carbocycles. The molecule has 0 atom stereocenters. The molecule has 19 heavy (non-hydrogen) atoms. The summed E-state index contributed by atoms with van der Waals surface area (Å²) in [5, 5.41) is 11.8. The first-order chi connectivity index (χ1) is 9.38. The minimum absolute atomic E-state index is 0.345. The summed E-state index contributed by atoms with van der Waals surface area (Å²) in [6.07, 6.45) is 5.34. The van der Waals surface area contributed by atoms with Gasteiger partial charge in [0.2, 0.25) is 0 Å². The van der Waals surface area contributed by atoms with Crippen LogP contribution < -0.4 is 5.32 Å². The fourth-order valence-electron chi connectivity index (χ4n) is 1.98. The lowest BCUT2D eigenvalue weighted by atomic mass is 10.2. The van der Waals surface area contributed by atoms with Crippen LogP contribution in [-0.2, 0) is 4.74 Å². The van der Waals surface area contributed by atoms with Gasteiger partial charge in [0.05, 0.1) is 25.6 Å². The average molecular weight is 261 g/mol. The Kier molecular flexibility index (Phi) is 5.53. The van der Waals surface area contributed by atoms with Crippen LogP contribution in [-0.4, -0.2) is 54.3 Å². The van der Waals surface area contributed by atoms with Crippen LogP contribution in [0.25, 0.3) is 0 Å². The molecule has 6 nitrogen and oxygen atoms in total. The fraction of sp³-hybridized carbons (Fsp3) is 0.615. The number of rotatable bonds is 6. The van der Waals surface area contributed by atoms with Crippen LogP contribution in [0.1, 0.15) is 18.5 Å². The summed E-state index contributed by atoms with van der Waals surface area (Å²) in [6, 6.07) is 1.95. The van der Waals surface area contributed by atoms with Gasteiger partial charge < -0.3 is 10.1 Å². The molecule has 1 fully saturated rings. The molecule has 0 unspecified atom stereocenters. The lowest BCUT2D eigenvalue weighted by Gasteiger charge is -2.26. The normalized spacial score (nSPS) is 15.9. The standard InChI is InChI=1S/C13H19N5O/c14-9-12-10-17-13(11-16-12)15-3-1-2-4-18-5-7-19-8-6-18/h10-11H,1-8H2,(H,15,17). The molecule has 1 saturated heterocycles. The van der Waals surface area contributed by atoms with E-state index >= 15 is 0 Å². The van der Waals surface area contributed by atoms with Crippen molar-refractivity contribution in [3.05, 3.63) is 18.1 Å². The summed E-state index contributed by atoms with van der Waals surface area (Å²) in [5.41, 5.74) is 0.345. The quantitative estimate of drug-likeness (QED) is 0.766. The molecule has 2 heterocycles. The molecule has 0 amide bonds. The summed E-state index contributed by atoms with van der Waals surface area (Å²) in [4.78, 5) is 10.5. The van der Waals surface area contributed by atoms with Gasteiger partial charge in [-0.15, -0.1) is 0 Å². The summed E-state index contributed by atoms with van der Waals surface area (Å²) in [6.45, 7) is 5.83. The van der Waals surface area contributed by atoms with E-state index in [9.17, 15) is 0 Å². The third kappa shape index (κ3) is 4.81. The molecule has 1 aromatic heterocycles. The topological polar surface area (TPSA) is 74.1 Å². The van der Waals surface area contributed by atoms with Gasteiger partial charge in [-0.3, -0.25) is 4.90 Å². The van der Waals surface area contributed by atoms with Crippen molar-refractivity contribution in [2.75, 3.05) is 44.7 Å². The van der Waals surface area contributed by atoms with E-state index in [-0.39, 0.29) is 0 Å². The van der Waals surface area contributed by atoms with E-state index in [1.165, 1.54) is 6.20 Å². The highest BCUT2D eigenvalue weighted by Gasteiger charge is 2.08. The van der Waals surface area contributed by atoms with Gasteiger partial charge in [0.1, 0.15) is 11.9 Å². The third-order valence-electron chi connectivity index (χ3n) is 3.08. The summed E-state index contributed by atoms with van der Waals surface area (Å²) < 4.78 is 5.31. The Balaban J connectivity index is 1.57. The van der Waals surface area contributed by atoms with Crippen LogP contribution >= 0.6 is 0 Å². The molecule has 0 spiro atoms. The first-order valence-corrected chi connectivity index (χ1v) is 6.64. The second kappa shape index (κ2) is 7.67. The van der Waals surface area contributed by atoms with Gasteiger partial charge in [-0.25, -0.2) is 9.97 Å². The molecule has 1 N–H and O–H groups in total. The summed E-state index contributed by atoms with van der Waals surface area (Å²) >= 11 is 0. The molecule has 102 valence electrons. The largest absolute Gasteiger partial charge is 0.379 e. The number of hydrogen-bond donors (Lipinski definition) is 1. The zero-order chi connectivity index (χ0) is 13.3. The minimum atomic E-state index is 0.345. The Bertz CT molecular complexity index is 408. The smallest absolute Gasteiger partial charge is 0.158 e. The SMILES string of the molecule is N#Cc1cnc(NCCCCN2CCOCC2)cn1. The average Bonchev–Trinajstić information content (AvgIpc) is 2.49. The molecule has 0 radical (unpaired) electrons. The summed E-state index contributed by atoms with van der Waals surface area (Å²) in [7, 11) is 0. The number of unbranched alkanes of at least 4 members (excludes halogenated alkanes) is 1. The number of aromatic nitrogens is 2. The number of anilines is 1. The van der Waals surface area contributed by atoms with Crippen LogP contribution in [0.15, 0.2) is 12.4 Å². The fourth-order valence-corrected chi connectivity index (χ4v) is 1.98. The van der Waals surface area contributed by atoms with E-state index in [1.54, 1.807) is 6.20 Å². The zero-order valence-corrected chi connectivity index (χ0v) is 11.0. The van der Waals surface area contributed by atoms with Crippen LogP contribution in [0.5, 0.6) is 0 Å². The predicted octanol–water partition coefficient (Wildman–Crippen LogP) is 0.873. The van der Waals surface area contributed by atoms with E-state index in [4.69, 9.17) is 10.00 Å². The molecule has 1 aliphatic rings. The molecule has 0 bridgehead atoms. The monoisotopic (exact) mass is 261 g/mol. The first kappa shape index (κ1) is 13.7. The third-order valence-corrected chi connectivity index (χ3v) is 3.08. The number of morpholine rings is 1. The molecular weight excluding hydrogens is 242 g/mol. The maximum absolute atomic E-state index is 8.61. The van der Waals surface area contributed by atoms with Crippen molar-refractivity contribution in [3.63, 3.8) is 0 Å².